The molecule has 0 spiro atoms. The lowest BCUT2D eigenvalue weighted by molar-refractivity contribution is 0.692. The molecule has 1 heterocycles. The Labute approximate surface area is 124 Å². The van der Waals surface area contributed by atoms with E-state index in [0.717, 1.165) is 11.1 Å². The van der Waals surface area contributed by atoms with Crippen molar-refractivity contribution in [3.63, 3.8) is 0 Å². The van der Waals surface area contributed by atoms with E-state index in [0.29, 0.717) is 11.5 Å². The molecule has 21 heavy (non-hydrogen) atoms. The van der Waals surface area contributed by atoms with Crippen molar-refractivity contribution in [1.29, 1.82) is 0 Å². The fourth-order valence-corrected chi connectivity index (χ4v) is 2.55. The average Bonchev–Trinajstić information content (AvgIpc) is 2.91. The van der Waals surface area contributed by atoms with Crippen molar-refractivity contribution >= 4 is 11.5 Å². The van der Waals surface area contributed by atoms with Gasteiger partial charge in [0.2, 0.25) is 5.69 Å². The van der Waals surface area contributed by atoms with Crippen LogP contribution in [0.5, 0.6) is 0 Å². The van der Waals surface area contributed by atoms with E-state index in [2.05, 4.69) is 29.1 Å². The van der Waals surface area contributed by atoms with Gasteiger partial charge in [0.25, 0.3) is 0 Å². The molecule has 0 amide bonds. The summed E-state index contributed by atoms with van der Waals surface area (Å²) in [5.74, 6) is 0.596. The highest BCUT2D eigenvalue weighted by atomic mass is 15.1. The lowest BCUT2D eigenvalue weighted by Gasteiger charge is -2.22. The van der Waals surface area contributed by atoms with E-state index in [9.17, 15) is 0 Å². The van der Waals surface area contributed by atoms with Crippen LogP contribution in [0.4, 0.5) is 11.5 Å². The number of anilines is 1. The molecule has 1 aromatic heterocycles. The van der Waals surface area contributed by atoms with Gasteiger partial charge in [0.1, 0.15) is 0 Å². The number of hydrogen-bond donors (Lipinski definition) is 1. The molecule has 3 aromatic rings. The highest BCUT2D eigenvalue weighted by molar-refractivity contribution is 5.55. The zero-order valence-corrected chi connectivity index (χ0v) is 11.5. The van der Waals surface area contributed by atoms with Gasteiger partial charge in [-0.1, -0.05) is 60.7 Å². The van der Waals surface area contributed by atoms with Gasteiger partial charge in [0, 0.05) is 6.20 Å². The van der Waals surface area contributed by atoms with E-state index in [1.807, 2.05) is 47.2 Å². The van der Waals surface area contributed by atoms with E-state index < -0.39 is 0 Å². The van der Waals surface area contributed by atoms with Crippen LogP contribution < -0.4 is 5.73 Å². The minimum absolute atomic E-state index is 0.0251. The molecule has 0 aliphatic heterocycles. The van der Waals surface area contributed by atoms with E-state index in [1.54, 1.807) is 6.07 Å². The Morgan fingerprint density at radius 3 is 1.86 bits per heavy atom. The first-order valence-electron chi connectivity index (χ1n) is 6.74. The minimum Gasteiger partial charge on any atom is -0.386 e. The van der Waals surface area contributed by atoms with Crippen molar-refractivity contribution in [3.8, 4) is 0 Å². The summed E-state index contributed by atoms with van der Waals surface area (Å²) in [5, 5.41) is 0. The molecule has 3 rings (SSSR count). The van der Waals surface area contributed by atoms with Crippen molar-refractivity contribution in [1.82, 2.24) is 4.57 Å². The normalized spacial score (nSPS) is 10.5. The van der Waals surface area contributed by atoms with Crippen LogP contribution in [0, 0.1) is 6.57 Å². The summed E-state index contributed by atoms with van der Waals surface area (Å²) in [6.07, 6.45) is 1.81. The largest absolute Gasteiger partial charge is 0.386 e. The zero-order valence-electron chi connectivity index (χ0n) is 11.5. The van der Waals surface area contributed by atoms with Crippen LogP contribution in [0.25, 0.3) is 4.85 Å². The number of rotatable bonds is 3. The third-order valence-electron chi connectivity index (χ3n) is 3.50. The molecule has 102 valence electrons. The summed E-state index contributed by atoms with van der Waals surface area (Å²) >= 11 is 0. The van der Waals surface area contributed by atoms with Crippen LogP contribution >= 0.6 is 0 Å². The summed E-state index contributed by atoms with van der Waals surface area (Å²) in [7, 11) is 0. The second-order valence-electron chi connectivity index (χ2n) is 4.87. The average molecular weight is 273 g/mol. The van der Waals surface area contributed by atoms with Crippen LogP contribution in [-0.4, -0.2) is 4.57 Å². The van der Waals surface area contributed by atoms with E-state index in [4.69, 9.17) is 12.3 Å². The highest BCUT2D eigenvalue weighted by Gasteiger charge is 2.18. The summed E-state index contributed by atoms with van der Waals surface area (Å²) in [6.45, 7) is 7.16. The molecule has 0 saturated carbocycles. The van der Waals surface area contributed by atoms with E-state index >= 15 is 0 Å². The maximum absolute atomic E-state index is 7.16. The summed E-state index contributed by atoms with van der Waals surface area (Å²) in [6, 6.07) is 22.0. The molecule has 0 aliphatic rings. The van der Waals surface area contributed by atoms with Gasteiger partial charge in [0.15, 0.2) is 0 Å². The van der Waals surface area contributed by atoms with Crippen LogP contribution in [-0.2, 0) is 0 Å². The SMILES string of the molecule is [C-]#[N+]c1cc(N)n(C(c2ccccc2)c2ccccc2)c1. The van der Waals surface area contributed by atoms with Crippen molar-refractivity contribution < 1.29 is 0 Å². The lowest BCUT2D eigenvalue weighted by Crippen LogP contribution is -2.13. The fourth-order valence-electron chi connectivity index (χ4n) is 2.55. The number of nitrogens with two attached hydrogens (primary N) is 1. The topological polar surface area (TPSA) is 35.3 Å². The van der Waals surface area contributed by atoms with E-state index in [-0.39, 0.29) is 6.04 Å². The van der Waals surface area contributed by atoms with Gasteiger partial charge in [0.05, 0.1) is 18.4 Å². The monoisotopic (exact) mass is 273 g/mol. The number of aromatic nitrogens is 1. The molecule has 3 heteroatoms. The van der Waals surface area contributed by atoms with Crippen molar-refractivity contribution in [2.45, 2.75) is 6.04 Å². The van der Waals surface area contributed by atoms with Crippen molar-refractivity contribution in [2.75, 3.05) is 5.73 Å². The Bertz CT molecular complexity index is 728. The molecule has 0 unspecified atom stereocenters. The van der Waals surface area contributed by atoms with Crippen LogP contribution in [0.15, 0.2) is 72.9 Å². The van der Waals surface area contributed by atoms with Gasteiger partial charge in [-0.25, -0.2) is 4.85 Å². The maximum atomic E-state index is 7.16. The van der Waals surface area contributed by atoms with E-state index in [1.165, 1.54) is 0 Å². The Kier molecular flexibility index (Phi) is 3.44. The summed E-state index contributed by atoms with van der Waals surface area (Å²) < 4.78 is 1.96. The molecule has 2 aromatic carbocycles. The molecule has 0 aliphatic carbocycles. The van der Waals surface area contributed by atoms with Crippen molar-refractivity contribution in [2.24, 2.45) is 0 Å². The maximum Gasteiger partial charge on any atom is 0.206 e. The second kappa shape index (κ2) is 5.56. The molecular weight excluding hydrogens is 258 g/mol. The fraction of sp³-hybridized carbons (Fsp3) is 0.0556. The van der Waals surface area contributed by atoms with Gasteiger partial charge in [-0.3, -0.25) is 0 Å². The minimum atomic E-state index is -0.0251. The second-order valence-corrected chi connectivity index (χ2v) is 4.87. The Hall–Kier alpha value is -2.99. The molecule has 0 bridgehead atoms. The first-order valence-corrected chi connectivity index (χ1v) is 6.74. The standard InChI is InChI=1S/C18H15N3/c1-20-16-12-17(19)21(13-16)18(14-8-4-2-5-9-14)15-10-6-3-7-11-15/h2-13,18H,19H2. The van der Waals surface area contributed by atoms with Gasteiger partial charge < -0.3 is 10.3 Å². The molecule has 2 N–H and O–H groups in total. The molecule has 0 radical (unpaired) electrons. The Morgan fingerprint density at radius 1 is 0.905 bits per heavy atom. The predicted molar refractivity (Wildman–Crippen MR) is 85.2 cm³/mol. The Balaban J connectivity index is 2.17. The number of nitrogen functional groups attached to an aromatic ring is 1. The third-order valence-corrected chi connectivity index (χ3v) is 3.50. The van der Waals surface area contributed by atoms with Crippen LogP contribution in [0.2, 0.25) is 0 Å². The molecule has 0 fully saturated rings. The van der Waals surface area contributed by atoms with Crippen molar-refractivity contribution in [3.05, 3.63) is 95.5 Å². The van der Waals surface area contributed by atoms with Gasteiger partial charge in [-0.05, 0) is 17.2 Å². The van der Waals surface area contributed by atoms with Gasteiger partial charge in [-0.2, -0.15) is 0 Å². The Morgan fingerprint density at radius 2 is 1.43 bits per heavy atom. The summed E-state index contributed by atoms with van der Waals surface area (Å²) in [4.78, 5) is 3.47. The molecular formula is C18H15N3. The van der Waals surface area contributed by atoms with Crippen LogP contribution in [0.3, 0.4) is 0 Å². The number of hydrogen-bond acceptors (Lipinski definition) is 1. The van der Waals surface area contributed by atoms with Crippen LogP contribution in [0.1, 0.15) is 17.2 Å². The first kappa shape index (κ1) is 13.0. The predicted octanol–water partition coefficient (Wildman–Crippen LogP) is 4.26. The first-order chi connectivity index (χ1) is 10.3. The van der Waals surface area contributed by atoms with Gasteiger partial charge in [-0.15, -0.1) is 0 Å². The highest BCUT2D eigenvalue weighted by Crippen LogP contribution is 2.32. The van der Waals surface area contributed by atoms with Gasteiger partial charge >= 0.3 is 0 Å². The molecule has 0 atom stereocenters. The smallest absolute Gasteiger partial charge is 0.206 e. The molecule has 0 saturated heterocycles. The summed E-state index contributed by atoms with van der Waals surface area (Å²) in [5.41, 5.74) is 8.95. The number of benzene rings is 2. The third kappa shape index (κ3) is 2.52. The lowest BCUT2D eigenvalue weighted by atomic mass is 9.98. The number of nitrogens with zero attached hydrogens (tertiary/aromatic N) is 2. The zero-order chi connectivity index (χ0) is 14.7. The quantitative estimate of drug-likeness (QED) is 0.711. The molecule has 3 nitrogen and oxygen atoms in total.